The molecule has 3 rings (SSSR count). The summed E-state index contributed by atoms with van der Waals surface area (Å²) in [7, 11) is 3.00. The largest absolute Gasteiger partial charge is 0.496 e. The van der Waals surface area contributed by atoms with Gasteiger partial charge in [-0.15, -0.1) is 10.2 Å². The lowest BCUT2D eigenvalue weighted by molar-refractivity contribution is -0.139. The van der Waals surface area contributed by atoms with E-state index in [0.717, 1.165) is 11.3 Å². The molecule has 1 heterocycles. The summed E-state index contributed by atoms with van der Waals surface area (Å²) in [5, 5.41) is 8.88. The molecule has 134 valence electrons. The summed E-state index contributed by atoms with van der Waals surface area (Å²) in [6.45, 7) is 1.78. The number of benzene rings is 2. The molecule has 0 N–H and O–H groups in total. The van der Waals surface area contributed by atoms with Crippen LogP contribution in [0.3, 0.4) is 0 Å². The molecule has 0 radical (unpaired) electrons. The second-order valence-corrected chi connectivity index (χ2v) is 6.77. The number of nitrogens with zero attached hydrogens (tertiary/aromatic N) is 3. The quantitative estimate of drug-likeness (QED) is 0.489. The van der Waals surface area contributed by atoms with Gasteiger partial charge in [-0.1, -0.05) is 42.1 Å². The number of ether oxygens (including phenoxy) is 2. The minimum Gasteiger partial charge on any atom is -0.496 e. The Balaban J connectivity index is 2.13. The maximum atomic E-state index is 11.8. The molecule has 6 nitrogen and oxygen atoms in total. The Kier molecular flexibility index (Phi) is 5.58. The number of hydrogen-bond acceptors (Lipinski definition) is 6. The third-order valence-electron chi connectivity index (χ3n) is 3.81. The lowest BCUT2D eigenvalue weighted by Crippen LogP contribution is -2.15. The van der Waals surface area contributed by atoms with Crippen molar-refractivity contribution in [2.75, 3.05) is 14.2 Å². The van der Waals surface area contributed by atoms with Crippen LogP contribution in [0.5, 0.6) is 5.75 Å². The van der Waals surface area contributed by atoms with Crippen LogP contribution in [0.1, 0.15) is 6.92 Å². The van der Waals surface area contributed by atoms with Crippen LogP contribution in [0.4, 0.5) is 0 Å². The number of carbonyl (C=O) groups is 1. The fourth-order valence-corrected chi connectivity index (χ4v) is 3.43. The molecule has 1 atom stereocenters. The number of methoxy groups -OCH3 is 2. The first-order valence-corrected chi connectivity index (χ1v) is 8.92. The van der Waals surface area contributed by atoms with Gasteiger partial charge in [0, 0.05) is 5.69 Å². The van der Waals surface area contributed by atoms with Crippen molar-refractivity contribution < 1.29 is 14.3 Å². The van der Waals surface area contributed by atoms with Crippen molar-refractivity contribution in [3.8, 4) is 22.8 Å². The van der Waals surface area contributed by atoms with Crippen LogP contribution in [0, 0.1) is 0 Å². The molecule has 0 aliphatic rings. The van der Waals surface area contributed by atoms with Gasteiger partial charge in [0.1, 0.15) is 11.0 Å². The maximum absolute atomic E-state index is 11.8. The average molecular weight is 369 g/mol. The Hall–Kier alpha value is -2.80. The highest BCUT2D eigenvalue weighted by molar-refractivity contribution is 8.00. The van der Waals surface area contributed by atoms with E-state index in [4.69, 9.17) is 9.47 Å². The minimum absolute atomic E-state index is 0.309. The van der Waals surface area contributed by atoms with E-state index in [1.54, 1.807) is 14.0 Å². The standard InChI is InChI=1S/C19H19N3O3S/c1-13(18(23)25-3)26-19-21-20-17(15-11-7-8-12-16(15)24-2)22(19)14-9-5-4-6-10-14/h4-13H,1-3H3/t13-/m0/s1. The molecule has 0 spiro atoms. The Morgan fingerprint density at radius 3 is 2.42 bits per heavy atom. The van der Waals surface area contributed by atoms with Crippen LogP contribution in [0.25, 0.3) is 17.1 Å². The monoisotopic (exact) mass is 369 g/mol. The van der Waals surface area contributed by atoms with Gasteiger partial charge in [-0.05, 0) is 31.2 Å². The molecule has 26 heavy (non-hydrogen) atoms. The zero-order valence-electron chi connectivity index (χ0n) is 14.7. The summed E-state index contributed by atoms with van der Waals surface area (Å²) in [6.07, 6.45) is 0. The van der Waals surface area contributed by atoms with E-state index in [9.17, 15) is 4.79 Å². The Morgan fingerprint density at radius 1 is 1.04 bits per heavy atom. The van der Waals surface area contributed by atoms with E-state index in [1.165, 1.54) is 18.9 Å². The van der Waals surface area contributed by atoms with E-state index in [0.29, 0.717) is 16.7 Å². The highest BCUT2D eigenvalue weighted by atomic mass is 32.2. The molecule has 0 saturated carbocycles. The number of rotatable bonds is 6. The van der Waals surface area contributed by atoms with Gasteiger partial charge >= 0.3 is 5.97 Å². The number of para-hydroxylation sites is 2. The van der Waals surface area contributed by atoms with E-state index in [-0.39, 0.29) is 5.97 Å². The number of thioether (sulfide) groups is 1. The average Bonchev–Trinajstić information content (AvgIpc) is 3.11. The van der Waals surface area contributed by atoms with Crippen molar-refractivity contribution in [1.82, 2.24) is 14.8 Å². The van der Waals surface area contributed by atoms with E-state index >= 15 is 0 Å². The summed E-state index contributed by atoms with van der Waals surface area (Å²) in [4.78, 5) is 11.8. The normalized spacial score (nSPS) is 11.8. The predicted octanol–water partition coefficient (Wildman–Crippen LogP) is 3.60. The van der Waals surface area contributed by atoms with Gasteiger partial charge in [0.2, 0.25) is 0 Å². The molecule has 2 aromatic carbocycles. The van der Waals surface area contributed by atoms with Crippen molar-refractivity contribution in [1.29, 1.82) is 0 Å². The van der Waals surface area contributed by atoms with Crippen molar-refractivity contribution in [3.63, 3.8) is 0 Å². The molecular formula is C19H19N3O3S. The zero-order chi connectivity index (χ0) is 18.5. The van der Waals surface area contributed by atoms with E-state index < -0.39 is 5.25 Å². The predicted molar refractivity (Wildman–Crippen MR) is 101 cm³/mol. The van der Waals surface area contributed by atoms with Crippen molar-refractivity contribution >= 4 is 17.7 Å². The Labute approximate surface area is 156 Å². The molecule has 7 heteroatoms. The first-order valence-electron chi connectivity index (χ1n) is 8.04. The third-order valence-corrected chi connectivity index (χ3v) is 4.83. The summed E-state index contributed by atoms with van der Waals surface area (Å²) < 4.78 is 12.2. The van der Waals surface area contributed by atoms with Gasteiger partial charge in [0.15, 0.2) is 11.0 Å². The number of carbonyl (C=O) groups excluding carboxylic acids is 1. The van der Waals surface area contributed by atoms with Crippen LogP contribution < -0.4 is 4.74 Å². The molecule has 0 aliphatic heterocycles. The molecule has 0 bridgehead atoms. The zero-order valence-corrected chi connectivity index (χ0v) is 15.6. The van der Waals surface area contributed by atoms with Crippen molar-refractivity contribution in [3.05, 3.63) is 54.6 Å². The first-order chi connectivity index (χ1) is 12.7. The first kappa shape index (κ1) is 18.0. The smallest absolute Gasteiger partial charge is 0.318 e. The Morgan fingerprint density at radius 2 is 1.73 bits per heavy atom. The van der Waals surface area contributed by atoms with Gasteiger partial charge < -0.3 is 9.47 Å². The molecule has 1 aromatic heterocycles. The SMILES string of the molecule is COC(=O)[C@H](C)Sc1nnc(-c2ccccc2OC)n1-c1ccccc1. The summed E-state index contributed by atoms with van der Waals surface area (Å²) in [6, 6.07) is 17.4. The molecular weight excluding hydrogens is 350 g/mol. The highest BCUT2D eigenvalue weighted by Gasteiger charge is 2.23. The second-order valence-electron chi connectivity index (χ2n) is 5.46. The fourth-order valence-electron chi connectivity index (χ4n) is 2.53. The summed E-state index contributed by atoms with van der Waals surface area (Å²) in [5.41, 5.74) is 1.72. The number of aromatic nitrogens is 3. The van der Waals surface area contributed by atoms with Gasteiger partial charge in [-0.25, -0.2) is 0 Å². The van der Waals surface area contributed by atoms with Gasteiger partial charge in [0.25, 0.3) is 0 Å². The molecule has 0 aliphatic carbocycles. The summed E-state index contributed by atoms with van der Waals surface area (Å²) >= 11 is 1.30. The second kappa shape index (κ2) is 8.05. The lowest BCUT2D eigenvalue weighted by atomic mass is 10.2. The highest BCUT2D eigenvalue weighted by Crippen LogP contribution is 2.34. The van der Waals surface area contributed by atoms with Crippen molar-refractivity contribution in [2.45, 2.75) is 17.3 Å². The lowest BCUT2D eigenvalue weighted by Gasteiger charge is -2.13. The van der Waals surface area contributed by atoms with Gasteiger partial charge in [-0.3, -0.25) is 9.36 Å². The van der Waals surface area contributed by atoms with Crippen LogP contribution in [-0.2, 0) is 9.53 Å². The number of hydrogen-bond donors (Lipinski definition) is 0. The van der Waals surface area contributed by atoms with Crippen molar-refractivity contribution in [2.24, 2.45) is 0 Å². The van der Waals surface area contributed by atoms with Crippen LogP contribution >= 0.6 is 11.8 Å². The van der Waals surface area contributed by atoms with Crippen LogP contribution in [0.2, 0.25) is 0 Å². The fraction of sp³-hybridized carbons (Fsp3) is 0.211. The van der Waals surface area contributed by atoms with Gasteiger partial charge in [-0.2, -0.15) is 0 Å². The minimum atomic E-state index is -0.405. The third kappa shape index (κ3) is 3.57. The van der Waals surface area contributed by atoms with Gasteiger partial charge in [0.05, 0.1) is 19.8 Å². The molecule has 0 saturated heterocycles. The number of esters is 1. The van der Waals surface area contributed by atoms with Crippen LogP contribution in [0.15, 0.2) is 59.8 Å². The van der Waals surface area contributed by atoms with E-state index in [1.807, 2.05) is 59.2 Å². The molecule has 0 amide bonds. The molecule has 0 unspecified atom stereocenters. The topological polar surface area (TPSA) is 66.2 Å². The Bertz CT molecular complexity index is 896. The maximum Gasteiger partial charge on any atom is 0.318 e. The summed E-state index contributed by atoms with van der Waals surface area (Å²) in [5.74, 6) is 1.04. The van der Waals surface area contributed by atoms with Crippen LogP contribution in [-0.4, -0.2) is 40.2 Å². The molecule has 3 aromatic rings. The molecule has 0 fully saturated rings. The van der Waals surface area contributed by atoms with E-state index in [2.05, 4.69) is 10.2 Å².